The number of halogens is 3. The number of aromatic nitrogens is 1. The zero-order valence-corrected chi connectivity index (χ0v) is 18.7. The normalized spacial score (nSPS) is 16.9. The van der Waals surface area contributed by atoms with Crippen LogP contribution in [0.4, 0.5) is 13.2 Å². The van der Waals surface area contributed by atoms with E-state index >= 15 is 0 Å². The van der Waals surface area contributed by atoms with Gasteiger partial charge in [0, 0.05) is 17.7 Å². The summed E-state index contributed by atoms with van der Waals surface area (Å²) in [6, 6.07) is 5.25. The van der Waals surface area contributed by atoms with Gasteiger partial charge < -0.3 is 10.3 Å². The van der Waals surface area contributed by atoms with Crippen molar-refractivity contribution < 1.29 is 22.8 Å². The van der Waals surface area contributed by atoms with Crippen LogP contribution in [0.1, 0.15) is 84.6 Å². The Hall–Kier alpha value is -2.90. The Labute approximate surface area is 184 Å². The fourth-order valence-corrected chi connectivity index (χ4v) is 4.10. The molecule has 1 aromatic carbocycles. The second kappa shape index (κ2) is 7.90. The van der Waals surface area contributed by atoms with Gasteiger partial charge in [-0.25, -0.2) is 0 Å². The number of pyridine rings is 1. The first kappa shape index (κ1) is 23.8. The number of amides is 1. The summed E-state index contributed by atoms with van der Waals surface area (Å²) in [5, 5.41) is 2.71. The molecule has 0 radical (unpaired) electrons. The number of Topliss-reactive ketones (excluding diaryl/α,β-unsaturated/α-hetero) is 1. The molecule has 2 N–H and O–H groups in total. The number of carbonyl (C=O) groups is 2. The van der Waals surface area contributed by atoms with Crippen LogP contribution in [0, 0.1) is 10.8 Å². The zero-order chi connectivity index (χ0) is 24.1. The summed E-state index contributed by atoms with van der Waals surface area (Å²) < 4.78 is 39.6. The molecule has 32 heavy (non-hydrogen) atoms. The summed E-state index contributed by atoms with van der Waals surface area (Å²) in [5.74, 6) is -0.907. The van der Waals surface area contributed by atoms with Gasteiger partial charge in [0.1, 0.15) is 5.56 Å². The Bertz CT molecular complexity index is 1120. The standard InChI is InChI=1S/C24H27F3N2O3/c1-22(2,3)19(13-7-6-8-14(9-13)24(25,26)27)29-21(32)16-10-15-17(28-20(16)31)11-23(4,5)12-18(15)30/h6-10,19H,11-12H2,1-5H3,(H,28,31)(H,29,32). The van der Waals surface area contributed by atoms with Gasteiger partial charge in [0.05, 0.1) is 11.6 Å². The largest absolute Gasteiger partial charge is 0.416 e. The highest BCUT2D eigenvalue weighted by atomic mass is 19.4. The van der Waals surface area contributed by atoms with Crippen LogP contribution in [0.25, 0.3) is 0 Å². The molecule has 0 aliphatic heterocycles. The van der Waals surface area contributed by atoms with Crippen molar-refractivity contribution >= 4 is 11.7 Å². The summed E-state index contributed by atoms with van der Waals surface area (Å²) in [5.41, 5.74) is -1.57. The van der Waals surface area contributed by atoms with Gasteiger partial charge >= 0.3 is 6.18 Å². The molecule has 3 rings (SSSR count). The van der Waals surface area contributed by atoms with Crippen molar-refractivity contribution in [1.29, 1.82) is 0 Å². The first-order valence-electron chi connectivity index (χ1n) is 10.4. The van der Waals surface area contributed by atoms with Crippen molar-refractivity contribution in [2.24, 2.45) is 10.8 Å². The lowest BCUT2D eigenvalue weighted by Crippen LogP contribution is -2.40. The molecule has 1 aliphatic rings. The van der Waals surface area contributed by atoms with E-state index in [4.69, 9.17) is 0 Å². The maximum absolute atomic E-state index is 13.2. The molecular weight excluding hydrogens is 421 g/mol. The summed E-state index contributed by atoms with van der Waals surface area (Å²) in [7, 11) is 0. The average molecular weight is 448 g/mol. The number of hydrogen-bond acceptors (Lipinski definition) is 3. The van der Waals surface area contributed by atoms with Gasteiger partial charge in [0.2, 0.25) is 0 Å². The van der Waals surface area contributed by atoms with Gasteiger partial charge in [-0.2, -0.15) is 13.2 Å². The van der Waals surface area contributed by atoms with Gasteiger partial charge in [-0.1, -0.05) is 46.8 Å². The minimum atomic E-state index is -4.52. The Kier molecular flexibility index (Phi) is 5.87. The van der Waals surface area contributed by atoms with E-state index in [1.807, 2.05) is 13.8 Å². The number of hydrogen-bond donors (Lipinski definition) is 2. The average Bonchev–Trinajstić information content (AvgIpc) is 2.63. The molecule has 1 unspecified atom stereocenters. The van der Waals surface area contributed by atoms with Gasteiger partial charge in [0.15, 0.2) is 5.78 Å². The highest BCUT2D eigenvalue weighted by Gasteiger charge is 2.35. The smallest absolute Gasteiger partial charge is 0.345 e. The second-order valence-corrected chi connectivity index (χ2v) is 10.2. The number of ketones is 1. The molecule has 0 spiro atoms. The molecule has 1 heterocycles. The number of benzene rings is 1. The van der Waals surface area contributed by atoms with E-state index in [9.17, 15) is 27.6 Å². The topological polar surface area (TPSA) is 79.0 Å². The minimum Gasteiger partial charge on any atom is -0.345 e. The summed E-state index contributed by atoms with van der Waals surface area (Å²) >= 11 is 0. The highest BCUT2D eigenvalue weighted by Crippen LogP contribution is 2.37. The lowest BCUT2D eigenvalue weighted by molar-refractivity contribution is -0.137. The SMILES string of the molecule is CC1(C)CC(=O)c2cc(C(=O)NC(c3cccc(C(F)(F)F)c3)C(C)(C)C)c(=O)[nH]c2C1. The van der Waals surface area contributed by atoms with Crippen molar-refractivity contribution in [3.8, 4) is 0 Å². The van der Waals surface area contributed by atoms with Gasteiger partial charge in [-0.3, -0.25) is 14.4 Å². The number of nitrogens with one attached hydrogen (secondary N) is 2. The molecule has 2 aromatic rings. The van der Waals surface area contributed by atoms with Crippen LogP contribution >= 0.6 is 0 Å². The number of fused-ring (bicyclic) bond motifs is 1. The maximum atomic E-state index is 13.2. The van der Waals surface area contributed by atoms with E-state index in [1.54, 1.807) is 20.8 Å². The molecule has 8 heteroatoms. The van der Waals surface area contributed by atoms with E-state index in [0.29, 0.717) is 24.1 Å². The zero-order valence-electron chi connectivity index (χ0n) is 18.7. The lowest BCUT2D eigenvalue weighted by Gasteiger charge is -2.32. The molecule has 1 amide bonds. The summed E-state index contributed by atoms with van der Waals surface area (Å²) in [6.07, 6.45) is -3.73. The van der Waals surface area contributed by atoms with Crippen LogP contribution in [0.5, 0.6) is 0 Å². The molecule has 0 saturated carbocycles. The summed E-state index contributed by atoms with van der Waals surface area (Å²) in [4.78, 5) is 40.9. The highest BCUT2D eigenvalue weighted by molar-refractivity contribution is 6.02. The predicted molar refractivity (Wildman–Crippen MR) is 115 cm³/mol. The molecular formula is C24H27F3N2O3. The van der Waals surface area contributed by atoms with Crippen molar-refractivity contribution in [3.05, 3.63) is 68.6 Å². The molecule has 1 aliphatic carbocycles. The molecule has 1 atom stereocenters. The Morgan fingerprint density at radius 1 is 1.09 bits per heavy atom. The first-order valence-corrected chi connectivity index (χ1v) is 10.4. The number of alkyl halides is 3. The van der Waals surface area contributed by atoms with E-state index in [1.165, 1.54) is 18.2 Å². The van der Waals surface area contributed by atoms with Crippen LogP contribution in [-0.4, -0.2) is 16.7 Å². The fraction of sp³-hybridized carbons (Fsp3) is 0.458. The Morgan fingerprint density at radius 2 is 1.75 bits per heavy atom. The quantitative estimate of drug-likeness (QED) is 0.688. The fourth-order valence-electron chi connectivity index (χ4n) is 4.10. The molecule has 0 fully saturated rings. The molecule has 0 bridgehead atoms. The summed E-state index contributed by atoms with van der Waals surface area (Å²) in [6.45, 7) is 9.19. The van der Waals surface area contributed by atoms with Gasteiger partial charge in [0.25, 0.3) is 11.5 Å². The van der Waals surface area contributed by atoms with Crippen molar-refractivity contribution in [2.45, 2.75) is 59.7 Å². The van der Waals surface area contributed by atoms with Crippen molar-refractivity contribution in [3.63, 3.8) is 0 Å². The van der Waals surface area contributed by atoms with E-state index in [2.05, 4.69) is 10.3 Å². The van der Waals surface area contributed by atoms with Crippen LogP contribution < -0.4 is 10.9 Å². The monoisotopic (exact) mass is 448 g/mol. The lowest BCUT2D eigenvalue weighted by atomic mass is 9.75. The maximum Gasteiger partial charge on any atom is 0.416 e. The second-order valence-electron chi connectivity index (χ2n) is 10.2. The van der Waals surface area contributed by atoms with Crippen molar-refractivity contribution in [2.75, 3.05) is 0 Å². The van der Waals surface area contributed by atoms with E-state index in [-0.39, 0.29) is 22.3 Å². The number of H-pyrrole nitrogens is 1. The minimum absolute atomic E-state index is 0.160. The number of aromatic amines is 1. The van der Waals surface area contributed by atoms with Crippen LogP contribution in [0.3, 0.4) is 0 Å². The molecule has 1 aromatic heterocycles. The van der Waals surface area contributed by atoms with Crippen LogP contribution in [-0.2, 0) is 12.6 Å². The van der Waals surface area contributed by atoms with Crippen molar-refractivity contribution in [1.82, 2.24) is 10.3 Å². The van der Waals surface area contributed by atoms with Gasteiger partial charge in [-0.15, -0.1) is 0 Å². The van der Waals surface area contributed by atoms with E-state index < -0.39 is 34.7 Å². The number of rotatable bonds is 3. The third-order valence-electron chi connectivity index (χ3n) is 5.65. The molecule has 5 nitrogen and oxygen atoms in total. The third kappa shape index (κ3) is 4.95. The molecule has 0 saturated heterocycles. The van der Waals surface area contributed by atoms with Crippen LogP contribution in [0.15, 0.2) is 35.1 Å². The predicted octanol–water partition coefficient (Wildman–Crippen LogP) is 5.07. The molecule has 172 valence electrons. The first-order chi connectivity index (χ1) is 14.6. The third-order valence-corrected chi connectivity index (χ3v) is 5.65. The Balaban J connectivity index is 1.98. The Morgan fingerprint density at radius 3 is 2.34 bits per heavy atom. The van der Waals surface area contributed by atoms with Gasteiger partial charge in [-0.05, 0) is 41.0 Å². The number of carbonyl (C=O) groups excluding carboxylic acids is 2. The van der Waals surface area contributed by atoms with Crippen LogP contribution in [0.2, 0.25) is 0 Å². The van der Waals surface area contributed by atoms with E-state index in [0.717, 1.165) is 12.1 Å².